The fourth-order valence-corrected chi connectivity index (χ4v) is 3.39. The lowest BCUT2D eigenvalue weighted by Crippen LogP contribution is -2.26. The van der Waals surface area contributed by atoms with E-state index in [0.29, 0.717) is 0 Å². The third kappa shape index (κ3) is 4.31. The van der Waals surface area contributed by atoms with Crippen LogP contribution in [0.4, 0.5) is 9.59 Å². The van der Waals surface area contributed by atoms with Crippen molar-refractivity contribution in [3.05, 3.63) is 71.1 Å². The van der Waals surface area contributed by atoms with Gasteiger partial charge >= 0.3 is 6.09 Å². The predicted octanol–water partition coefficient (Wildman–Crippen LogP) is 3.57. The molecule has 1 fully saturated rings. The molecule has 3 N–H and O–H groups in total. The summed E-state index contributed by atoms with van der Waals surface area (Å²) in [6, 6.07) is 17.5. The monoisotopic (exact) mass is 368 g/mol. The minimum Gasteiger partial charge on any atom is -0.465 e. The Bertz CT molecular complexity index is 880. The maximum absolute atomic E-state index is 11.8. The van der Waals surface area contributed by atoms with Gasteiger partial charge in [-0.15, -0.1) is 0 Å². The number of nitrogens with one attached hydrogen (secondary N) is 2. The van der Waals surface area contributed by atoms with Crippen LogP contribution in [-0.2, 0) is 4.79 Å². The number of carbonyl (C=O) groups excluding carboxylic acids is 2. The molecule has 6 nitrogen and oxygen atoms in total. The van der Waals surface area contributed by atoms with Crippen LogP contribution < -0.4 is 10.6 Å². The molecule has 3 amide bonds. The molecule has 132 valence electrons. The Morgan fingerprint density at radius 2 is 1.85 bits per heavy atom. The first-order valence-corrected chi connectivity index (χ1v) is 8.72. The van der Waals surface area contributed by atoms with Crippen molar-refractivity contribution in [1.82, 2.24) is 10.6 Å². The fraction of sp³-hybridized carbons (Fsp3) is 0.105. The molecule has 26 heavy (non-hydrogen) atoms. The zero-order chi connectivity index (χ0) is 18.5. The number of carboxylic acid groups (broad SMARTS) is 1. The average molecular weight is 368 g/mol. The summed E-state index contributed by atoms with van der Waals surface area (Å²) >= 11 is 0.818. The van der Waals surface area contributed by atoms with E-state index in [1.807, 2.05) is 54.6 Å². The normalized spacial score (nSPS) is 16.4. The molecule has 0 saturated carbocycles. The van der Waals surface area contributed by atoms with Crippen LogP contribution in [0, 0.1) is 0 Å². The van der Waals surface area contributed by atoms with Gasteiger partial charge in [0.2, 0.25) is 0 Å². The van der Waals surface area contributed by atoms with E-state index in [-0.39, 0.29) is 17.4 Å². The van der Waals surface area contributed by atoms with E-state index in [2.05, 4.69) is 10.6 Å². The van der Waals surface area contributed by atoms with Crippen molar-refractivity contribution in [3.8, 4) is 11.1 Å². The molecule has 3 rings (SSSR count). The largest absolute Gasteiger partial charge is 0.465 e. The summed E-state index contributed by atoms with van der Waals surface area (Å²) in [7, 11) is 0. The Hall–Kier alpha value is -3.06. The quantitative estimate of drug-likeness (QED) is 0.701. The van der Waals surface area contributed by atoms with E-state index in [9.17, 15) is 14.4 Å². The van der Waals surface area contributed by atoms with Crippen LogP contribution in [0.25, 0.3) is 11.1 Å². The second-order valence-corrected chi connectivity index (χ2v) is 6.67. The molecule has 1 saturated heterocycles. The fourth-order valence-electron chi connectivity index (χ4n) is 2.67. The Morgan fingerprint density at radius 3 is 2.50 bits per heavy atom. The van der Waals surface area contributed by atoms with Crippen LogP contribution in [0.3, 0.4) is 0 Å². The Kier molecular flexibility index (Phi) is 5.38. The molecule has 0 radical (unpaired) electrons. The van der Waals surface area contributed by atoms with E-state index >= 15 is 0 Å². The Balaban J connectivity index is 1.94. The molecule has 1 aliphatic heterocycles. The van der Waals surface area contributed by atoms with Crippen molar-refractivity contribution in [2.24, 2.45) is 0 Å². The second-order valence-electron chi connectivity index (χ2n) is 5.66. The molecule has 1 atom stereocenters. The Morgan fingerprint density at radius 1 is 1.12 bits per heavy atom. The number of hydrogen-bond donors (Lipinski definition) is 3. The number of rotatable bonds is 5. The summed E-state index contributed by atoms with van der Waals surface area (Å²) in [5.41, 5.74) is 2.87. The average Bonchev–Trinajstić information content (AvgIpc) is 2.96. The van der Waals surface area contributed by atoms with Crippen LogP contribution in [0.2, 0.25) is 0 Å². The molecular formula is C19H16N2O4S. The molecular weight excluding hydrogens is 352 g/mol. The predicted molar refractivity (Wildman–Crippen MR) is 99.9 cm³/mol. The maximum Gasteiger partial charge on any atom is 0.404 e. The topological polar surface area (TPSA) is 95.5 Å². The first-order chi connectivity index (χ1) is 12.5. The summed E-state index contributed by atoms with van der Waals surface area (Å²) in [5, 5.41) is 13.1. The summed E-state index contributed by atoms with van der Waals surface area (Å²) in [5.74, 6) is -0.839. The summed E-state index contributed by atoms with van der Waals surface area (Å²) in [6.45, 7) is 0.0963. The van der Waals surface area contributed by atoms with Crippen molar-refractivity contribution < 1.29 is 19.5 Å². The molecule has 0 aliphatic carbocycles. The van der Waals surface area contributed by atoms with Gasteiger partial charge in [-0.3, -0.25) is 14.9 Å². The lowest BCUT2D eigenvalue weighted by molar-refractivity contribution is -0.115. The van der Waals surface area contributed by atoms with Crippen LogP contribution in [0.5, 0.6) is 0 Å². The van der Waals surface area contributed by atoms with Crippen LogP contribution in [0.15, 0.2) is 65.6 Å². The highest BCUT2D eigenvalue weighted by Crippen LogP contribution is 2.30. The molecule has 7 heteroatoms. The standard InChI is InChI=1S/C19H16N2O4S/c22-17-16(26-19(25)21-17)10-15(11-20-18(23)24)14-8-4-7-13(9-14)12-5-2-1-3-6-12/h1-10,15,20H,11H2,(H,23,24)(H,21,22,25)/b16-10+. The molecule has 2 aromatic carbocycles. The second kappa shape index (κ2) is 7.88. The molecule has 1 heterocycles. The van der Waals surface area contributed by atoms with Crippen molar-refractivity contribution in [3.63, 3.8) is 0 Å². The van der Waals surface area contributed by atoms with Gasteiger partial charge in [-0.1, -0.05) is 60.7 Å². The third-order valence-electron chi connectivity index (χ3n) is 3.89. The zero-order valence-electron chi connectivity index (χ0n) is 13.6. The maximum atomic E-state index is 11.8. The van der Waals surface area contributed by atoms with Gasteiger partial charge in [-0.25, -0.2) is 4.79 Å². The number of hydrogen-bond acceptors (Lipinski definition) is 4. The van der Waals surface area contributed by atoms with Crippen molar-refractivity contribution >= 4 is 29.0 Å². The van der Waals surface area contributed by atoms with Gasteiger partial charge in [0, 0.05) is 12.5 Å². The smallest absolute Gasteiger partial charge is 0.404 e. The van der Waals surface area contributed by atoms with Crippen LogP contribution in [0.1, 0.15) is 11.5 Å². The first-order valence-electron chi connectivity index (χ1n) is 7.90. The van der Waals surface area contributed by atoms with Crippen molar-refractivity contribution in [2.45, 2.75) is 5.92 Å². The number of thioether (sulfide) groups is 1. The molecule has 0 bridgehead atoms. The van der Waals surface area contributed by atoms with Gasteiger partial charge in [0.1, 0.15) is 0 Å². The molecule has 2 aromatic rings. The number of imide groups is 1. The highest BCUT2D eigenvalue weighted by Gasteiger charge is 2.26. The van der Waals surface area contributed by atoms with Crippen molar-refractivity contribution in [2.75, 3.05) is 6.54 Å². The summed E-state index contributed by atoms with van der Waals surface area (Å²) < 4.78 is 0. The van der Waals surface area contributed by atoms with Gasteiger partial charge in [0.05, 0.1) is 4.91 Å². The van der Waals surface area contributed by atoms with Gasteiger partial charge in [-0.2, -0.15) is 0 Å². The highest BCUT2D eigenvalue weighted by atomic mass is 32.2. The van der Waals surface area contributed by atoms with Crippen LogP contribution >= 0.6 is 11.8 Å². The van der Waals surface area contributed by atoms with Gasteiger partial charge in [-0.05, 0) is 28.5 Å². The first kappa shape index (κ1) is 17.8. The van der Waals surface area contributed by atoms with E-state index in [4.69, 9.17) is 5.11 Å². The van der Waals surface area contributed by atoms with Gasteiger partial charge in [0.15, 0.2) is 0 Å². The number of benzene rings is 2. The Labute approximate surface area is 154 Å². The minimum atomic E-state index is -1.15. The van der Waals surface area contributed by atoms with E-state index in [1.165, 1.54) is 0 Å². The molecule has 1 aliphatic rings. The molecule has 0 aromatic heterocycles. The third-order valence-corrected chi connectivity index (χ3v) is 4.72. The van der Waals surface area contributed by atoms with Gasteiger partial charge < -0.3 is 10.4 Å². The van der Waals surface area contributed by atoms with E-state index in [0.717, 1.165) is 28.5 Å². The van der Waals surface area contributed by atoms with E-state index in [1.54, 1.807) is 6.08 Å². The van der Waals surface area contributed by atoms with Crippen LogP contribution in [-0.4, -0.2) is 28.9 Å². The molecule has 0 spiro atoms. The lowest BCUT2D eigenvalue weighted by atomic mass is 9.94. The zero-order valence-corrected chi connectivity index (χ0v) is 14.5. The van der Waals surface area contributed by atoms with E-state index < -0.39 is 17.2 Å². The molecule has 1 unspecified atom stereocenters. The number of amides is 3. The number of carbonyl (C=O) groups is 3. The minimum absolute atomic E-state index is 0.0963. The lowest BCUT2D eigenvalue weighted by Gasteiger charge is -2.15. The SMILES string of the molecule is O=C(O)NCC(/C=C1/SC(=O)NC1=O)c1cccc(-c2ccccc2)c1. The highest BCUT2D eigenvalue weighted by molar-refractivity contribution is 8.18. The van der Waals surface area contributed by atoms with Gasteiger partial charge in [0.25, 0.3) is 11.1 Å². The van der Waals surface area contributed by atoms with Crippen molar-refractivity contribution in [1.29, 1.82) is 0 Å². The summed E-state index contributed by atoms with van der Waals surface area (Å²) in [4.78, 5) is 34.4. The summed E-state index contributed by atoms with van der Waals surface area (Å²) in [6.07, 6.45) is 0.484.